The predicted octanol–water partition coefficient (Wildman–Crippen LogP) is 1.77. The minimum absolute atomic E-state index is 0. The molecule has 0 unspecified atom stereocenters. The van der Waals surface area contributed by atoms with Crippen LogP contribution in [0.1, 0.15) is 12.8 Å². The summed E-state index contributed by atoms with van der Waals surface area (Å²) in [5.41, 5.74) is 5.58. The zero-order chi connectivity index (χ0) is 18.5. The molecule has 0 spiro atoms. The normalized spacial score (nSPS) is 15.2. The smallest absolute Gasteiger partial charge is 0.240 e. The number of aryl methyl sites for hydroxylation is 1. The van der Waals surface area contributed by atoms with Crippen LogP contribution in [0, 0.1) is 0 Å². The number of halogens is 3. The van der Waals surface area contributed by atoms with E-state index in [9.17, 15) is 0 Å². The van der Waals surface area contributed by atoms with Gasteiger partial charge in [-0.3, -0.25) is 0 Å². The van der Waals surface area contributed by atoms with Crippen molar-refractivity contribution in [3.05, 3.63) is 46.4 Å². The van der Waals surface area contributed by atoms with Gasteiger partial charge in [0.05, 0.1) is 22.0 Å². The maximum absolute atomic E-state index is 6.33. The van der Waals surface area contributed by atoms with E-state index in [4.69, 9.17) is 23.2 Å². The molecule has 5 rings (SSSR count). The largest absolute Gasteiger partial charge is 1.00 e. The third kappa shape index (κ3) is 3.18. The molecule has 1 aliphatic rings. The molecule has 7 heteroatoms. The monoisotopic (exact) mass is 434 g/mol. The number of piperidine rings is 1. The number of anilines is 1. The van der Waals surface area contributed by atoms with Crippen LogP contribution < -0.4 is 27.6 Å². The van der Waals surface area contributed by atoms with Gasteiger partial charge in [0.2, 0.25) is 11.0 Å². The van der Waals surface area contributed by atoms with Crippen LogP contribution in [0.5, 0.6) is 0 Å². The van der Waals surface area contributed by atoms with Crippen LogP contribution in [0.3, 0.4) is 0 Å². The molecule has 2 aromatic heterocycles. The van der Waals surface area contributed by atoms with Gasteiger partial charge in [0, 0.05) is 22.2 Å². The van der Waals surface area contributed by atoms with Crippen LogP contribution in [0.4, 0.5) is 5.69 Å². The maximum atomic E-state index is 6.33. The molecule has 1 fully saturated rings. The van der Waals surface area contributed by atoms with Crippen molar-refractivity contribution >= 4 is 61.7 Å². The van der Waals surface area contributed by atoms with Crippen molar-refractivity contribution in [2.45, 2.75) is 18.9 Å². The van der Waals surface area contributed by atoms with Crippen molar-refractivity contribution in [3.63, 3.8) is 0 Å². The van der Waals surface area contributed by atoms with Gasteiger partial charge < -0.3 is 28.0 Å². The van der Waals surface area contributed by atoms with Crippen molar-refractivity contribution < 1.29 is 17.0 Å². The second-order valence-corrected chi connectivity index (χ2v) is 8.18. The first-order valence-electron chi connectivity index (χ1n) is 9.31. The number of aromatic nitrogens is 2. The van der Waals surface area contributed by atoms with Crippen molar-refractivity contribution in [3.8, 4) is 0 Å². The lowest BCUT2D eigenvalue weighted by Crippen LogP contribution is -3.00. The van der Waals surface area contributed by atoms with Gasteiger partial charge in [0.1, 0.15) is 12.6 Å². The highest BCUT2D eigenvalue weighted by Gasteiger charge is 2.25. The Labute approximate surface area is 179 Å². The molecule has 0 bridgehead atoms. The van der Waals surface area contributed by atoms with E-state index in [0.717, 1.165) is 69.1 Å². The van der Waals surface area contributed by atoms with Crippen molar-refractivity contribution in [2.24, 2.45) is 7.05 Å². The molecule has 3 N–H and O–H groups in total. The number of aromatic amines is 1. The van der Waals surface area contributed by atoms with Gasteiger partial charge >= 0.3 is 0 Å². The summed E-state index contributed by atoms with van der Waals surface area (Å²) in [6, 6.07) is 12.6. The Morgan fingerprint density at radius 3 is 2.43 bits per heavy atom. The van der Waals surface area contributed by atoms with Crippen LogP contribution in [-0.4, -0.2) is 24.1 Å². The fourth-order valence-electron chi connectivity index (χ4n) is 4.25. The van der Waals surface area contributed by atoms with E-state index in [-0.39, 0.29) is 12.4 Å². The third-order valence-electron chi connectivity index (χ3n) is 5.60. The van der Waals surface area contributed by atoms with Gasteiger partial charge in [-0.1, -0.05) is 23.2 Å². The highest BCUT2D eigenvalue weighted by Crippen LogP contribution is 2.36. The summed E-state index contributed by atoms with van der Waals surface area (Å²) in [5.74, 6) is 0. The van der Waals surface area contributed by atoms with Gasteiger partial charge in [-0.05, 0) is 56.3 Å². The van der Waals surface area contributed by atoms with E-state index in [1.807, 2.05) is 24.3 Å². The molecular formula is C21H21Cl3N4. The minimum atomic E-state index is 0. The second-order valence-electron chi connectivity index (χ2n) is 7.30. The molecule has 0 saturated carbocycles. The van der Waals surface area contributed by atoms with Gasteiger partial charge in [0.15, 0.2) is 0 Å². The maximum Gasteiger partial charge on any atom is 0.240 e. The lowest BCUT2D eigenvalue weighted by Gasteiger charge is -2.25. The number of benzene rings is 2. The lowest BCUT2D eigenvalue weighted by molar-refractivity contribution is -0.616. The van der Waals surface area contributed by atoms with Gasteiger partial charge in [-0.25, -0.2) is 0 Å². The first-order chi connectivity index (χ1) is 13.1. The molecule has 28 heavy (non-hydrogen) atoms. The van der Waals surface area contributed by atoms with Crippen molar-refractivity contribution in [2.75, 3.05) is 18.4 Å². The molecule has 0 aliphatic carbocycles. The zero-order valence-electron chi connectivity index (χ0n) is 15.5. The number of rotatable bonds is 2. The minimum Gasteiger partial charge on any atom is -1.00 e. The van der Waals surface area contributed by atoms with E-state index in [1.54, 1.807) is 0 Å². The molecule has 146 valence electrons. The van der Waals surface area contributed by atoms with Crippen LogP contribution in [0.15, 0.2) is 36.4 Å². The first-order valence-corrected chi connectivity index (χ1v) is 10.1. The van der Waals surface area contributed by atoms with Crippen molar-refractivity contribution in [1.82, 2.24) is 10.3 Å². The molecule has 0 radical (unpaired) electrons. The molecule has 0 atom stereocenters. The van der Waals surface area contributed by atoms with Gasteiger partial charge in [-0.15, -0.1) is 0 Å². The molecule has 3 heterocycles. The molecule has 1 aliphatic heterocycles. The average molecular weight is 436 g/mol. The zero-order valence-corrected chi connectivity index (χ0v) is 17.7. The Morgan fingerprint density at radius 2 is 1.68 bits per heavy atom. The lowest BCUT2D eigenvalue weighted by atomic mass is 10.0. The fourth-order valence-corrected chi connectivity index (χ4v) is 4.59. The Kier molecular flexibility index (Phi) is 5.32. The summed E-state index contributed by atoms with van der Waals surface area (Å²) in [7, 11) is 2.09. The predicted molar refractivity (Wildman–Crippen MR) is 114 cm³/mol. The number of H-pyrrole nitrogens is 1. The van der Waals surface area contributed by atoms with Crippen LogP contribution in [0.25, 0.3) is 32.8 Å². The fraction of sp³-hybridized carbons (Fsp3) is 0.286. The van der Waals surface area contributed by atoms with E-state index >= 15 is 0 Å². The number of pyridine rings is 1. The summed E-state index contributed by atoms with van der Waals surface area (Å²) in [4.78, 5) is 3.61. The van der Waals surface area contributed by atoms with E-state index in [1.165, 1.54) is 5.39 Å². The number of nitrogens with one attached hydrogen (secondary N) is 3. The standard InChI is InChI=1S/C21H20Cl2N4.ClH/c1-27-18-11-13(23)3-5-16(18)19(25-14-6-8-24-9-7-14)20-21(27)15-4-2-12(22)10-17(15)26-20;/h2-5,10-11,14,24H,6-9H2,1H3,(H,25,26);1H. The molecule has 0 amide bonds. The van der Waals surface area contributed by atoms with Crippen LogP contribution >= 0.6 is 23.2 Å². The molecule has 1 saturated heterocycles. The molecular weight excluding hydrogens is 415 g/mol. The number of hydrogen-bond acceptors (Lipinski definition) is 2. The van der Waals surface area contributed by atoms with Gasteiger partial charge in [0.25, 0.3) is 0 Å². The van der Waals surface area contributed by atoms with Crippen molar-refractivity contribution in [1.29, 1.82) is 0 Å². The first kappa shape index (κ1) is 19.6. The van der Waals surface area contributed by atoms with Crippen LogP contribution in [0.2, 0.25) is 10.0 Å². The average Bonchev–Trinajstić information content (AvgIpc) is 3.04. The summed E-state index contributed by atoms with van der Waals surface area (Å²) in [6.45, 7) is 2.10. The van der Waals surface area contributed by atoms with Gasteiger partial charge in [-0.2, -0.15) is 4.57 Å². The number of hydrogen-bond donors (Lipinski definition) is 3. The van der Waals surface area contributed by atoms with E-state index < -0.39 is 0 Å². The third-order valence-corrected chi connectivity index (χ3v) is 6.07. The Morgan fingerprint density at radius 1 is 1.00 bits per heavy atom. The summed E-state index contributed by atoms with van der Waals surface area (Å²) in [6.07, 6.45) is 2.23. The summed E-state index contributed by atoms with van der Waals surface area (Å²) in [5, 5.41) is 11.1. The van der Waals surface area contributed by atoms with E-state index in [2.05, 4.69) is 39.4 Å². The van der Waals surface area contributed by atoms with E-state index in [0.29, 0.717) is 6.04 Å². The highest BCUT2D eigenvalue weighted by molar-refractivity contribution is 6.32. The molecule has 2 aromatic carbocycles. The SMILES string of the molecule is C[n+]1c2cc(Cl)ccc2c(NC2CCNCC2)c2[nH]c3cc(Cl)ccc3c21.[Cl-]. The number of fused-ring (bicyclic) bond motifs is 4. The summed E-state index contributed by atoms with van der Waals surface area (Å²) < 4.78 is 2.22. The Balaban J connectivity index is 0.00000192. The Bertz CT molecular complexity index is 1180. The summed E-state index contributed by atoms with van der Waals surface area (Å²) >= 11 is 12.6. The number of nitrogens with zero attached hydrogens (tertiary/aromatic N) is 1. The molecule has 4 aromatic rings. The highest BCUT2D eigenvalue weighted by atomic mass is 35.5. The van der Waals surface area contributed by atoms with Crippen LogP contribution in [-0.2, 0) is 7.05 Å². The topological polar surface area (TPSA) is 43.7 Å². The quantitative estimate of drug-likeness (QED) is 0.420. The molecule has 4 nitrogen and oxygen atoms in total. The Hall–Kier alpha value is -1.72. The second kappa shape index (κ2) is 7.60.